The van der Waals surface area contributed by atoms with Gasteiger partial charge in [0.1, 0.15) is 23.0 Å². The molecule has 0 aliphatic heterocycles. The van der Waals surface area contributed by atoms with Crippen LogP contribution in [0.25, 0.3) is 0 Å². The molecule has 42 heavy (non-hydrogen) atoms. The lowest BCUT2D eigenvalue weighted by atomic mass is 10.1. The molecule has 5 rings (SSSR count). The van der Waals surface area contributed by atoms with Crippen molar-refractivity contribution in [1.29, 1.82) is 0 Å². The zero-order valence-corrected chi connectivity index (χ0v) is 24.9. The van der Waals surface area contributed by atoms with Crippen molar-refractivity contribution in [2.75, 3.05) is 38.2 Å². The van der Waals surface area contributed by atoms with Crippen molar-refractivity contribution < 1.29 is 18.9 Å². The summed E-state index contributed by atoms with van der Waals surface area (Å²) in [6.45, 7) is 4.17. The fraction of sp³-hybridized carbons (Fsp3) is 0.167. The highest BCUT2D eigenvalue weighted by Crippen LogP contribution is 2.45. The zero-order chi connectivity index (χ0) is 29.6. The third-order valence-corrected chi connectivity index (χ3v) is 7.21. The summed E-state index contributed by atoms with van der Waals surface area (Å²) in [6, 6.07) is 37.2. The van der Waals surface area contributed by atoms with Gasteiger partial charge < -0.3 is 28.7 Å². The molecule has 0 N–H and O–H groups in total. The maximum atomic E-state index is 5.81. The number of hydrogen-bond donors (Lipinski definition) is 0. The number of hydrogen-bond acceptors (Lipinski definition) is 6. The molecule has 6 heteroatoms. The summed E-state index contributed by atoms with van der Waals surface area (Å²) in [7, 11) is 6.66. The summed E-state index contributed by atoms with van der Waals surface area (Å²) in [5.41, 5.74) is 8.20. The van der Waals surface area contributed by atoms with Gasteiger partial charge in [0, 0.05) is 34.9 Å². The Morgan fingerprint density at radius 2 is 0.690 bits per heavy atom. The summed E-state index contributed by atoms with van der Waals surface area (Å²) in [6.07, 6.45) is 0. The van der Waals surface area contributed by atoms with Crippen molar-refractivity contribution in [3.8, 4) is 23.0 Å². The van der Waals surface area contributed by atoms with Crippen LogP contribution in [-0.2, 0) is 0 Å². The van der Waals surface area contributed by atoms with Crippen molar-refractivity contribution >= 4 is 34.1 Å². The van der Waals surface area contributed by atoms with Crippen LogP contribution in [-0.4, -0.2) is 28.4 Å². The minimum Gasteiger partial charge on any atom is -0.497 e. The third kappa shape index (κ3) is 5.84. The molecule has 0 aliphatic rings. The normalized spacial score (nSPS) is 10.6. The predicted octanol–water partition coefficient (Wildman–Crippen LogP) is 9.28. The van der Waals surface area contributed by atoms with Crippen LogP contribution < -0.4 is 28.7 Å². The number of ether oxygens (including phenoxy) is 4. The molecule has 6 nitrogen and oxygen atoms in total. The summed E-state index contributed by atoms with van der Waals surface area (Å²) < 4.78 is 22.6. The summed E-state index contributed by atoms with van der Waals surface area (Å²) >= 11 is 0. The Kier molecular flexibility index (Phi) is 8.53. The summed E-state index contributed by atoms with van der Waals surface area (Å²) in [4.78, 5) is 4.37. The number of benzene rings is 5. The molecule has 0 fully saturated rings. The van der Waals surface area contributed by atoms with Gasteiger partial charge in [-0.05, 0) is 86.6 Å². The van der Waals surface area contributed by atoms with E-state index in [1.54, 1.807) is 28.4 Å². The van der Waals surface area contributed by atoms with Crippen LogP contribution in [0.4, 0.5) is 34.1 Å². The van der Waals surface area contributed by atoms with E-state index in [-0.39, 0.29) is 0 Å². The Balaban J connectivity index is 1.63. The molecule has 0 amide bonds. The van der Waals surface area contributed by atoms with Crippen LogP contribution in [0.2, 0.25) is 0 Å². The van der Waals surface area contributed by atoms with Gasteiger partial charge in [-0.15, -0.1) is 0 Å². The number of anilines is 6. The quantitative estimate of drug-likeness (QED) is 0.170. The van der Waals surface area contributed by atoms with Gasteiger partial charge in [0.15, 0.2) is 0 Å². The molecule has 5 aromatic rings. The van der Waals surface area contributed by atoms with E-state index in [0.29, 0.717) is 11.5 Å². The Bertz CT molecular complexity index is 1510. The maximum Gasteiger partial charge on any atom is 0.146 e. The summed E-state index contributed by atoms with van der Waals surface area (Å²) in [5, 5.41) is 0. The molecular weight excluding hydrogens is 524 g/mol. The minimum absolute atomic E-state index is 0.711. The molecule has 0 atom stereocenters. The molecule has 0 heterocycles. The Hall–Kier alpha value is -5.10. The lowest BCUT2D eigenvalue weighted by Gasteiger charge is -2.30. The van der Waals surface area contributed by atoms with Gasteiger partial charge in [-0.25, -0.2) is 0 Å². The molecule has 5 aromatic carbocycles. The van der Waals surface area contributed by atoms with Gasteiger partial charge >= 0.3 is 0 Å². The van der Waals surface area contributed by atoms with E-state index in [1.165, 1.54) is 11.1 Å². The Morgan fingerprint density at radius 1 is 0.381 bits per heavy atom. The maximum absolute atomic E-state index is 5.81. The smallest absolute Gasteiger partial charge is 0.146 e. The predicted molar refractivity (Wildman–Crippen MR) is 171 cm³/mol. The van der Waals surface area contributed by atoms with Crippen molar-refractivity contribution in [1.82, 2.24) is 0 Å². The fourth-order valence-corrected chi connectivity index (χ4v) is 4.93. The fourth-order valence-electron chi connectivity index (χ4n) is 4.93. The molecule has 0 saturated carbocycles. The first-order valence-corrected chi connectivity index (χ1v) is 13.7. The molecule has 0 unspecified atom stereocenters. The Morgan fingerprint density at radius 3 is 0.976 bits per heavy atom. The largest absolute Gasteiger partial charge is 0.497 e. The highest BCUT2D eigenvalue weighted by Gasteiger charge is 2.21. The number of nitrogens with zero attached hydrogens (tertiary/aromatic N) is 2. The molecule has 0 spiro atoms. The first-order valence-electron chi connectivity index (χ1n) is 13.7. The molecule has 0 aromatic heterocycles. The van der Waals surface area contributed by atoms with E-state index < -0.39 is 0 Å². The van der Waals surface area contributed by atoms with E-state index in [4.69, 9.17) is 18.9 Å². The van der Waals surface area contributed by atoms with Gasteiger partial charge in [-0.1, -0.05) is 35.4 Å². The molecule has 0 radical (unpaired) electrons. The second-order valence-corrected chi connectivity index (χ2v) is 9.93. The second-order valence-electron chi connectivity index (χ2n) is 9.93. The molecule has 214 valence electrons. The van der Waals surface area contributed by atoms with Crippen molar-refractivity contribution in [3.63, 3.8) is 0 Å². The van der Waals surface area contributed by atoms with E-state index in [9.17, 15) is 0 Å². The Labute approximate surface area is 248 Å². The van der Waals surface area contributed by atoms with Gasteiger partial charge in [-0.2, -0.15) is 0 Å². The average Bonchev–Trinajstić information content (AvgIpc) is 3.04. The first kappa shape index (κ1) is 28.4. The second kappa shape index (κ2) is 12.6. The van der Waals surface area contributed by atoms with Crippen molar-refractivity contribution in [2.45, 2.75) is 13.8 Å². The van der Waals surface area contributed by atoms with E-state index in [1.807, 2.05) is 36.4 Å². The zero-order valence-electron chi connectivity index (χ0n) is 24.9. The highest BCUT2D eigenvalue weighted by atomic mass is 16.5. The van der Waals surface area contributed by atoms with Gasteiger partial charge in [0.2, 0.25) is 0 Å². The topological polar surface area (TPSA) is 43.4 Å². The monoisotopic (exact) mass is 560 g/mol. The van der Waals surface area contributed by atoms with Crippen LogP contribution >= 0.6 is 0 Å². The minimum atomic E-state index is 0.711. The number of methoxy groups -OCH3 is 4. The van der Waals surface area contributed by atoms with E-state index >= 15 is 0 Å². The van der Waals surface area contributed by atoms with Crippen LogP contribution in [0, 0.1) is 13.8 Å². The average molecular weight is 561 g/mol. The summed E-state index contributed by atoms with van der Waals surface area (Å²) in [5.74, 6) is 2.89. The van der Waals surface area contributed by atoms with Gasteiger partial charge in [0.25, 0.3) is 0 Å². The molecule has 0 bridgehead atoms. The standard InChI is InChI=1S/C36H36N2O4/c1-25-7-11-27(12-8-25)37(33-21-19-31(39-3)23-35(33)41-5)29-15-17-30(18-16-29)38(28-13-9-26(2)10-14-28)34-22-20-32(40-4)24-36(34)42-6/h7-24H,1-6H3. The van der Waals surface area contributed by atoms with Crippen LogP contribution in [0.5, 0.6) is 23.0 Å². The molecular formula is C36H36N2O4. The third-order valence-electron chi connectivity index (χ3n) is 7.21. The van der Waals surface area contributed by atoms with Crippen molar-refractivity contribution in [2.24, 2.45) is 0 Å². The number of aryl methyl sites for hydroxylation is 2. The van der Waals surface area contributed by atoms with Gasteiger partial charge in [-0.3, -0.25) is 0 Å². The van der Waals surface area contributed by atoms with Crippen molar-refractivity contribution in [3.05, 3.63) is 120 Å². The lowest BCUT2D eigenvalue weighted by molar-refractivity contribution is 0.395. The van der Waals surface area contributed by atoms with Gasteiger partial charge in [0.05, 0.1) is 39.8 Å². The van der Waals surface area contributed by atoms with E-state index in [2.05, 4.69) is 96.4 Å². The van der Waals surface area contributed by atoms with Crippen LogP contribution in [0.3, 0.4) is 0 Å². The first-order chi connectivity index (χ1) is 20.4. The lowest BCUT2D eigenvalue weighted by Crippen LogP contribution is -2.13. The SMILES string of the molecule is COc1ccc(N(c2ccc(C)cc2)c2ccc(N(c3ccc(C)cc3)c3ccc(OC)cc3OC)cc2)c(OC)c1. The highest BCUT2D eigenvalue weighted by molar-refractivity contribution is 5.84. The van der Waals surface area contributed by atoms with E-state index in [0.717, 1.165) is 45.6 Å². The molecule has 0 aliphatic carbocycles. The van der Waals surface area contributed by atoms with Crippen LogP contribution in [0.15, 0.2) is 109 Å². The molecule has 0 saturated heterocycles. The number of rotatable bonds is 10. The van der Waals surface area contributed by atoms with Crippen LogP contribution in [0.1, 0.15) is 11.1 Å².